The van der Waals surface area contributed by atoms with E-state index in [9.17, 15) is 0 Å². The minimum atomic E-state index is 0.0216. The van der Waals surface area contributed by atoms with Gasteiger partial charge >= 0.3 is 0 Å². The third kappa shape index (κ3) is 3.21. The Labute approximate surface area is 108 Å². The zero-order chi connectivity index (χ0) is 13.0. The molecule has 0 amide bonds. The highest BCUT2D eigenvalue weighted by atomic mass is 16.5. The molecule has 1 fully saturated rings. The van der Waals surface area contributed by atoms with Gasteiger partial charge in [-0.1, -0.05) is 12.8 Å². The van der Waals surface area contributed by atoms with E-state index >= 15 is 0 Å². The van der Waals surface area contributed by atoms with E-state index in [1.54, 1.807) is 12.1 Å². The lowest BCUT2D eigenvalue weighted by atomic mass is 10.1. The van der Waals surface area contributed by atoms with Crippen LogP contribution in [0.5, 0.6) is 5.88 Å². The second-order valence-electron chi connectivity index (χ2n) is 4.91. The summed E-state index contributed by atoms with van der Waals surface area (Å²) >= 11 is 0. The molecule has 1 aliphatic carbocycles. The van der Waals surface area contributed by atoms with Gasteiger partial charge in [0.15, 0.2) is 0 Å². The number of pyridine rings is 1. The number of hydrogen-bond donors (Lipinski definition) is 1. The van der Waals surface area contributed by atoms with E-state index in [4.69, 9.17) is 15.7 Å². The van der Waals surface area contributed by atoms with E-state index in [-0.39, 0.29) is 12.1 Å². The molecule has 4 heteroatoms. The van der Waals surface area contributed by atoms with Gasteiger partial charge in [0.05, 0.1) is 11.6 Å². The number of ether oxygens (including phenoxy) is 1. The standard InChI is InChI=1S/C14H19N3O/c1-10-7-11(9-15)8-14(17-10)18-13-6-4-2-3-5-12(13)16/h7-8,12-13H,2-6,16H2,1H3. The van der Waals surface area contributed by atoms with Crippen LogP contribution in [-0.4, -0.2) is 17.1 Å². The maximum atomic E-state index is 8.93. The van der Waals surface area contributed by atoms with Crippen LogP contribution in [0.4, 0.5) is 0 Å². The molecule has 1 heterocycles. The summed E-state index contributed by atoms with van der Waals surface area (Å²) < 4.78 is 5.88. The minimum absolute atomic E-state index is 0.0216. The lowest BCUT2D eigenvalue weighted by Crippen LogP contribution is -2.38. The van der Waals surface area contributed by atoms with E-state index in [0.29, 0.717) is 11.4 Å². The predicted molar refractivity (Wildman–Crippen MR) is 69.2 cm³/mol. The summed E-state index contributed by atoms with van der Waals surface area (Å²) in [6.45, 7) is 1.86. The van der Waals surface area contributed by atoms with Crippen molar-refractivity contribution < 1.29 is 4.74 Å². The Morgan fingerprint density at radius 1 is 1.33 bits per heavy atom. The Balaban J connectivity index is 2.12. The fraction of sp³-hybridized carbons (Fsp3) is 0.571. The van der Waals surface area contributed by atoms with E-state index in [0.717, 1.165) is 25.0 Å². The number of nitrogens with two attached hydrogens (primary N) is 1. The Morgan fingerprint density at radius 2 is 2.11 bits per heavy atom. The van der Waals surface area contributed by atoms with Crippen LogP contribution < -0.4 is 10.5 Å². The Hall–Kier alpha value is -1.60. The third-order valence-corrected chi connectivity index (χ3v) is 3.33. The second kappa shape index (κ2) is 5.83. The summed E-state index contributed by atoms with van der Waals surface area (Å²) in [5.41, 5.74) is 7.50. The van der Waals surface area contributed by atoms with Crippen LogP contribution in [0.1, 0.15) is 43.4 Å². The molecule has 0 bridgehead atoms. The van der Waals surface area contributed by atoms with Gasteiger partial charge in [-0.15, -0.1) is 0 Å². The van der Waals surface area contributed by atoms with Crippen LogP contribution in [0.3, 0.4) is 0 Å². The van der Waals surface area contributed by atoms with Gasteiger partial charge < -0.3 is 10.5 Å². The summed E-state index contributed by atoms with van der Waals surface area (Å²) in [5.74, 6) is 0.522. The van der Waals surface area contributed by atoms with Gasteiger partial charge in [0.2, 0.25) is 5.88 Å². The van der Waals surface area contributed by atoms with Crippen molar-refractivity contribution in [3.63, 3.8) is 0 Å². The van der Waals surface area contributed by atoms with Gasteiger partial charge in [0.1, 0.15) is 6.10 Å². The smallest absolute Gasteiger partial charge is 0.215 e. The van der Waals surface area contributed by atoms with Gasteiger partial charge in [0, 0.05) is 17.8 Å². The van der Waals surface area contributed by atoms with Crippen molar-refractivity contribution in [3.8, 4) is 11.9 Å². The minimum Gasteiger partial charge on any atom is -0.473 e. The summed E-state index contributed by atoms with van der Waals surface area (Å²) in [4.78, 5) is 4.31. The van der Waals surface area contributed by atoms with Crippen LogP contribution in [-0.2, 0) is 0 Å². The maximum absolute atomic E-state index is 8.93. The van der Waals surface area contributed by atoms with E-state index in [1.807, 2.05) is 6.92 Å². The van der Waals surface area contributed by atoms with Gasteiger partial charge in [-0.2, -0.15) is 5.26 Å². The molecule has 2 rings (SSSR count). The quantitative estimate of drug-likeness (QED) is 0.811. The molecular formula is C14H19N3O. The van der Waals surface area contributed by atoms with Crippen molar-refractivity contribution in [3.05, 3.63) is 23.4 Å². The molecule has 0 saturated heterocycles. The lowest BCUT2D eigenvalue weighted by Gasteiger charge is -2.22. The van der Waals surface area contributed by atoms with Crippen molar-refractivity contribution in [1.29, 1.82) is 5.26 Å². The molecular weight excluding hydrogens is 226 g/mol. The lowest BCUT2D eigenvalue weighted by molar-refractivity contribution is 0.156. The number of nitriles is 1. The number of aromatic nitrogens is 1. The molecule has 0 aliphatic heterocycles. The zero-order valence-corrected chi connectivity index (χ0v) is 10.7. The first-order valence-corrected chi connectivity index (χ1v) is 6.50. The fourth-order valence-electron chi connectivity index (χ4n) is 2.37. The Bertz CT molecular complexity index is 453. The number of hydrogen-bond acceptors (Lipinski definition) is 4. The largest absolute Gasteiger partial charge is 0.473 e. The Morgan fingerprint density at radius 3 is 2.89 bits per heavy atom. The first-order chi connectivity index (χ1) is 8.69. The van der Waals surface area contributed by atoms with Crippen LogP contribution in [0.25, 0.3) is 0 Å². The molecule has 1 aromatic rings. The van der Waals surface area contributed by atoms with Crippen LogP contribution >= 0.6 is 0 Å². The van der Waals surface area contributed by atoms with E-state index in [2.05, 4.69) is 11.1 Å². The fourth-order valence-corrected chi connectivity index (χ4v) is 2.37. The van der Waals surface area contributed by atoms with E-state index in [1.165, 1.54) is 12.8 Å². The third-order valence-electron chi connectivity index (χ3n) is 3.33. The molecule has 96 valence electrons. The number of rotatable bonds is 2. The normalized spacial score (nSPS) is 24.1. The maximum Gasteiger partial charge on any atom is 0.215 e. The molecule has 4 nitrogen and oxygen atoms in total. The molecule has 2 atom stereocenters. The molecule has 1 saturated carbocycles. The second-order valence-corrected chi connectivity index (χ2v) is 4.91. The van der Waals surface area contributed by atoms with Gasteiger partial charge in [-0.25, -0.2) is 4.98 Å². The number of aryl methyl sites for hydroxylation is 1. The average Bonchev–Trinajstić information content (AvgIpc) is 2.54. The zero-order valence-electron chi connectivity index (χ0n) is 10.7. The van der Waals surface area contributed by atoms with Crippen molar-refractivity contribution in [2.75, 3.05) is 0 Å². The molecule has 0 spiro atoms. The van der Waals surface area contributed by atoms with Crippen LogP contribution in [0.2, 0.25) is 0 Å². The highest BCUT2D eigenvalue weighted by Gasteiger charge is 2.22. The molecule has 2 N–H and O–H groups in total. The number of nitrogens with zero attached hydrogens (tertiary/aromatic N) is 2. The molecule has 1 aromatic heterocycles. The highest BCUT2D eigenvalue weighted by molar-refractivity contribution is 5.34. The molecule has 1 aliphatic rings. The van der Waals surface area contributed by atoms with Gasteiger partial charge in [-0.05, 0) is 32.3 Å². The van der Waals surface area contributed by atoms with E-state index < -0.39 is 0 Å². The van der Waals surface area contributed by atoms with Crippen molar-refractivity contribution >= 4 is 0 Å². The van der Waals surface area contributed by atoms with Crippen molar-refractivity contribution in [2.45, 2.75) is 51.2 Å². The van der Waals surface area contributed by atoms with Gasteiger partial charge in [0.25, 0.3) is 0 Å². The molecule has 2 unspecified atom stereocenters. The highest BCUT2D eigenvalue weighted by Crippen LogP contribution is 2.22. The summed E-state index contributed by atoms with van der Waals surface area (Å²) in [6, 6.07) is 5.62. The van der Waals surface area contributed by atoms with Gasteiger partial charge in [-0.3, -0.25) is 0 Å². The molecule has 0 aromatic carbocycles. The molecule has 18 heavy (non-hydrogen) atoms. The van der Waals surface area contributed by atoms with Crippen LogP contribution in [0.15, 0.2) is 12.1 Å². The summed E-state index contributed by atoms with van der Waals surface area (Å²) in [6.07, 6.45) is 5.54. The predicted octanol–water partition coefficient (Wildman–Crippen LogP) is 2.30. The average molecular weight is 245 g/mol. The first-order valence-electron chi connectivity index (χ1n) is 6.50. The van der Waals surface area contributed by atoms with Crippen molar-refractivity contribution in [1.82, 2.24) is 4.98 Å². The first kappa shape index (κ1) is 12.8. The Kier molecular flexibility index (Phi) is 4.16. The SMILES string of the molecule is Cc1cc(C#N)cc(OC2CCCCCC2N)n1. The molecule has 0 radical (unpaired) electrons. The summed E-state index contributed by atoms with van der Waals surface area (Å²) in [7, 11) is 0. The summed E-state index contributed by atoms with van der Waals surface area (Å²) in [5, 5.41) is 8.93. The van der Waals surface area contributed by atoms with Crippen LogP contribution in [0, 0.1) is 18.3 Å². The topological polar surface area (TPSA) is 71.9 Å². The monoisotopic (exact) mass is 245 g/mol. The van der Waals surface area contributed by atoms with Crippen molar-refractivity contribution in [2.24, 2.45) is 5.73 Å².